The Kier molecular flexibility index (Phi) is 25.4. The van der Waals surface area contributed by atoms with E-state index in [1.165, 1.54) is 9.80 Å². The molecule has 0 rings (SSSR count). The fraction of sp³-hybridized carbons (Fsp3) is 0.818. The summed E-state index contributed by atoms with van der Waals surface area (Å²) in [6, 6.07) is 0. The van der Waals surface area contributed by atoms with E-state index in [-0.39, 0.29) is 77.5 Å². The first kappa shape index (κ1) is 57.6. The fourth-order valence-electron chi connectivity index (χ4n) is 5.69. The van der Waals surface area contributed by atoms with Crippen LogP contribution >= 0.6 is 0 Å². The van der Waals surface area contributed by atoms with Crippen molar-refractivity contribution in [2.45, 2.75) is 205 Å². The van der Waals surface area contributed by atoms with Crippen molar-refractivity contribution in [2.75, 3.05) is 26.2 Å². The molecule has 0 N–H and O–H groups in total. The van der Waals surface area contributed by atoms with Crippen molar-refractivity contribution in [2.24, 2.45) is 0 Å². The Bertz CT molecular complexity index is 1280. The van der Waals surface area contributed by atoms with Crippen LogP contribution in [0.1, 0.15) is 174 Å². The molecule has 0 aliphatic rings. The van der Waals surface area contributed by atoms with Crippen molar-refractivity contribution < 1.29 is 63.5 Å². The van der Waals surface area contributed by atoms with E-state index in [1.54, 1.807) is 83.1 Å². The number of carbonyl (C=O) groups excluding carboxylic acids is 8. The molecule has 0 spiro atoms. The first-order valence-corrected chi connectivity index (χ1v) is 28.1. The molecule has 0 atom stereocenters. The van der Waals surface area contributed by atoms with Gasteiger partial charge in [-0.05, 0) is 0 Å². The van der Waals surface area contributed by atoms with E-state index in [4.69, 9.17) is 25.1 Å². The predicted octanol–water partition coefficient (Wildman–Crippen LogP) is 7.26. The van der Waals surface area contributed by atoms with Gasteiger partial charge in [0.1, 0.15) is 0 Å². The second-order valence-corrected chi connectivity index (χ2v) is 28.4. The van der Waals surface area contributed by atoms with E-state index in [0.717, 1.165) is 12.8 Å². The molecule has 0 heterocycles. The van der Waals surface area contributed by atoms with Gasteiger partial charge in [0.15, 0.2) is 0 Å². The van der Waals surface area contributed by atoms with Gasteiger partial charge in [0.25, 0.3) is 0 Å². The summed E-state index contributed by atoms with van der Waals surface area (Å²) >= 11 is -4.54. The number of ether oxygens (including phenoxy) is 4. The number of rotatable bonds is 26. The van der Waals surface area contributed by atoms with Crippen LogP contribution < -0.4 is 0 Å². The van der Waals surface area contributed by atoms with Crippen LogP contribution in [-0.2, 0) is 63.5 Å². The maximum atomic E-state index is 13.5. The van der Waals surface area contributed by atoms with Crippen molar-refractivity contribution in [3.05, 3.63) is 0 Å². The summed E-state index contributed by atoms with van der Waals surface area (Å²) in [5.74, 6) is -4.45. The Balaban J connectivity index is 6.00. The van der Waals surface area contributed by atoms with Gasteiger partial charge in [0, 0.05) is 0 Å². The Morgan fingerprint density at radius 1 is 0.377 bits per heavy atom. The van der Waals surface area contributed by atoms with Gasteiger partial charge in [-0.15, -0.1) is 0 Å². The monoisotopic (exact) mass is 978 g/mol. The molecule has 0 bridgehead atoms. The van der Waals surface area contributed by atoms with E-state index >= 15 is 0 Å². The first-order valence-electron chi connectivity index (χ1n) is 21.7. The van der Waals surface area contributed by atoms with Crippen LogP contribution in [-0.4, -0.2) is 125 Å². The molecule has 0 aromatic heterocycles. The standard InChI is InChI=1S/2C18H31NO7.2C4H9.Sn/c2*1-17(2,3)25-15(23)9-11-19(13(20)7-8-14(21)22)12-10-16(24)26-18(4,5)6;2*1-3-4-2;/h2*7-12H2,1-6H3,(H,21,22);2*1,3-4H2,2H3;/q;;;;+2/p-2. The number of amides is 2. The van der Waals surface area contributed by atoms with Crippen molar-refractivity contribution in [1.29, 1.82) is 0 Å². The molecule has 2 amide bonds. The topological polar surface area (TPSA) is 198 Å². The van der Waals surface area contributed by atoms with Gasteiger partial charge in [-0.25, -0.2) is 0 Å². The average Bonchev–Trinajstić information content (AvgIpc) is 3.08. The second-order valence-electron chi connectivity index (χ2n) is 19.2. The van der Waals surface area contributed by atoms with Gasteiger partial charge in [0.05, 0.1) is 0 Å². The van der Waals surface area contributed by atoms with Crippen molar-refractivity contribution in [1.82, 2.24) is 9.80 Å². The predicted molar refractivity (Wildman–Crippen MR) is 231 cm³/mol. The van der Waals surface area contributed by atoms with Crippen LogP contribution in [0.4, 0.5) is 0 Å². The van der Waals surface area contributed by atoms with Gasteiger partial charge < -0.3 is 0 Å². The zero-order valence-electron chi connectivity index (χ0n) is 39.8. The van der Waals surface area contributed by atoms with E-state index in [9.17, 15) is 38.4 Å². The molecule has 0 saturated heterocycles. The van der Waals surface area contributed by atoms with E-state index in [1.807, 2.05) is 13.8 Å². The third-order valence-electron chi connectivity index (χ3n) is 8.24. The van der Waals surface area contributed by atoms with Gasteiger partial charge in [0.2, 0.25) is 0 Å². The molecule has 16 nitrogen and oxygen atoms in total. The van der Waals surface area contributed by atoms with Crippen molar-refractivity contribution in [3.8, 4) is 0 Å². The molecule has 0 saturated carbocycles. The minimum atomic E-state index is -4.54. The summed E-state index contributed by atoms with van der Waals surface area (Å²) in [4.78, 5) is 107. The zero-order valence-corrected chi connectivity index (χ0v) is 42.7. The third-order valence-corrected chi connectivity index (χ3v) is 18.0. The maximum absolute atomic E-state index is 13.5. The van der Waals surface area contributed by atoms with Gasteiger partial charge in [-0.2, -0.15) is 0 Å². The summed E-state index contributed by atoms with van der Waals surface area (Å²) in [5.41, 5.74) is -2.92. The van der Waals surface area contributed by atoms with E-state index < -0.39 is 89.2 Å². The van der Waals surface area contributed by atoms with Crippen LogP contribution in [0.15, 0.2) is 0 Å². The Morgan fingerprint density at radius 3 is 0.836 bits per heavy atom. The molecule has 0 aromatic rings. The van der Waals surface area contributed by atoms with Gasteiger partial charge >= 0.3 is 372 Å². The molecule has 0 fully saturated rings. The van der Waals surface area contributed by atoms with Crippen LogP contribution in [0.25, 0.3) is 0 Å². The molecule has 0 radical (unpaired) electrons. The molecule has 0 aliphatic heterocycles. The van der Waals surface area contributed by atoms with Gasteiger partial charge in [-0.3, -0.25) is 0 Å². The number of unbranched alkanes of at least 4 members (excludes halogenated alkanes) is 2. The molecule has 17 heteroatoms. The quantitative estimate of drug-likeness (QED) is 0.0477. The summed E-state index contributed by atoms with van der Waals surface area (Å²) in [5, 5.41) is 0. The Morgan fingerprint density at radius 2 is 0.623 bits per heavy atom. The van der Waals surface area contributed by atoms with Gasteiger partial charge in [-0.1, -0.05) is 0 Å². The molecular formula is C44H78N2O14Sn. The molecule has 0 aliphatic carbocycles. The zero-order chi connectivity index (χ0) is 47.2. The van der Waals surface area contributed by atoms with Crippen molar-refractivity contribution in [3.63, 3.8) is 0 Å². The molecular weight excluding hydrogens is 899 g/mol. The van der Waals surface area contributed by atoms with E-state index in [0.29, 0.717) is 21.7 Å². The number of hydrogen-bond acceptors (Lipinski definition) is 14. The average molecular weight is 978 g/mol. The Labute approximate surface area is 370 Å². The van der Waals surface area contributed by atoms with Crippen LogP contribution in [0.5, 0.6) is 0 Å². The first-order chi connectivity index (χ1) is 27.9. The number of carbonyl (C=O) groups is 8. The second kappa shape index (κ2) is 26.9. The summed E-state index contributed by atoms with van der Waals surface area (Å²) in [7, 11) is 0. The molecule has 0 aromatic carbocycles. The molecule has 0 unspecified atom stereocenters. The molecule has 352 valence electrons. The minimum absolute atomic E-state index is 0.0441. The summed E-state index contributed by atoms with van der Waals surface area (Å²) in [6.07, 6.45) is 1.02. The third kappa shape index (κ3) is 30.3. The normalized spacial score (nSPS) is 12.2. The van der Waals surface area contributed by atoms with Crippen LogP contribution in [0.2, 0.25) is 8.87 Å². The van der Waals surface area contributed by atoms with Crippen molar-refractivity contribution >= 4 is 66.8 Å². The Hall–Kier alpha value is -3.44. The summed E-state index contributed by atoms with van der Waals surface area (Å²) in [6.45, 7) is 24.5. The van der Waals surface area contributed by atoms with E-state index in [2.05, 4.69) is 0 Å². The van der Waals surface area contributed by atoms with Crippen LogP contribution in [0, 0.1) is 0 Å². The fourth-order valence-corrected chi connectivity index (χ4v) is 15.7. The van der Waals surface area contributed by atoms with Crippen LogP contribution in [0.3, 0.4) is 0 Å². The summed E-state index contributed by atoms with van der Waals surface area (Å²) < 4.78 is 34.6. The number of hydrogen-bond donors (Lipinski definition) is 0. The molecule has 61 heavy (non-hydrogen) atoms. The number of nitrogens with zero attached hydrogens (tertiary/aromatic N) is 2. The number of esters is 4. The SMILES string of the molecule is CCC[CH2][Sn]([CH2]CCC)([O]C(=O)CCC(=O)N(CCC(=O)OC(C)(C)C)CCC(=O)OC(C)(C)C)[O]C(=O)CCC(=O)N(CCC(=O)OC(C)(C)C)CCC(=O)OC(C)(C)C.